The lowest BCUT2D eigenvalue weighted by Gasteiger charge is -2.40. The number of rotatable bonds is 8. The van der Waals surface area contributed by atoms with Gasteiger partial charge in [-0.1, -0.05) is 24.4 Å². The molecule has 0 atom stereocenters. The van der Waals surface area contributed by atoms with Crippen LogP contribution in [0.2, 0.25) is 0 Å². The Balaban J connectivity index is 1.17. The maximum atomic E-state index is 13.4. The molecule has 0 unspecified atom stereocenters. The molecule has 0 aliphatic carbocycles. The molecule has 0 spiro atoms. The third-order valence-electron chi connectivity index (χ3n) is 8.12. The van der Waals surface area contributed by atoms with E-state index in [1.54, 1.807) is 0 Å². The molecule has 0 radical (unpaired) electrons. The van der Waals surface area contributed by atoms with E-state index in [4.69, 9.17) is 0 Å². The van der Waals surface area contributed by atoms with E-state index in [-0.39, 0.29) is 5.92 Å². The molecule has 1 aromatic heterocycles. The van der Waals surface area contributed by atoms with Crippen LogP contribution in [0.15, 0.2) is 66.9 Å². The first-order chi connectivity index (χ1) is 18.2. The Morgan fingerprint density at radius 3 is 2.41 bits per heavy atom. The van der Waals surface area contributed by atoms with E-state index in [2.05, 4.69) is 78.6 Å². The molecule has 2 saturated heterocycles. The standard InChI is InChI=1S/C30H40N6O/c1-3-29-35(18-6-15-31-2)27-7-4-5-8-28(27)36(29)26-13-21-34(22-14-26)30(37)25-11-19-33(20-12-25)23-24-9-16-32-17-10-24/h4-5,7-10,16-17,25-26,31H,1,6,11-15,18-23H2,2H3. The number of hydrogen-bond donors (Lipinski definition) is 1. The number of fused-ring (bicyclic) bond motifs is 1. The highest BCUT2D eigenvalue weighted by Gasteiger charge is 2.38. The third-order valence-corrected chi connectivity index (χ3v) is 8.12. The van der Waals surface area contributed by atoms with E-state index in [1.807, 2.05) is 19.4 Å². The normalized spacial score (nSPS) is 19.3. The van der Waals surface area contributed by atoms with Crippen molar-refractivity contribution in [1.82, 2.24) is 20.1 Å². The zero-order valence-corrected chi connectivity index (χ0v) is 22.1. The van der Waals surface area contributed by atoms with Crippen LogP contribution in [-0.2, 0) is 11.3 Å². The van der Waals surface area contributed by atoms with Crippen LogP contribution in [0.4, 0.5) is 11.4 Å². The summed E-state index contributed by atoms with van der Waals surface area (Å²) in [6.07, 6.45) is 8.60. The van der Waals surface area contributed by atoms with Crippen molar-refractivity contribution in [3.05, 3.63) is 72.5 Å². The fourth-order valence-electron chi connectivity index (χ4n) is 6.13. The number of carbonyl (C=O) groups is 1. The maximum Gasteiger partial charge on any atom is 0.225 e. The fraction of sp³-hybridized carbons (Fsp3) is 0.500. The lowest BCUT2D eigenvalue weighted by molar-refractivity contribution is -0.138. The van der Waals surface area contributed by atoms with Crippen molar-refractivity contribution in [3.8, 4) is 0 Å². The SMILES string of the molecule is C=C=C1N(CCCNC)c2ccccc2N1C1CCN(C(=O)C2CCN(Cc3ccncc3)CC2)CC1. The molecule has 37 heavy (non-hydrogen) atoms. The minimum absolute atomic E-state index is 0.157. The first-order valence-corrected chi connectivity index (χ1v) is 13.8. The van der Waals surface area contributed by atoms with Gasteiger partial charge in [-0.15, -0.1) is 0 Å². The zero-order valence-electron chi connectivity index (χ0n) is 22.1. The van der Waals surface area contributed by atoms with E-state index in [0.717, 1.165) is 83.7 Å². The summed E-state index contributed by atoms with van der Waals surface area (Å²) >= 11 is 0. The fourth-order valence-corrected chi connectivity index (χ4v) is 6.13. The van der Waals surface area contributed by atoms with Gasteiger partial charge in [0.2, 0.25) is 5.91 Å². The van der Waals surface area contributed by atoms with E-state index in [9.17, 15) is 4.79 Å². The van der Waals surface area contributed by atoms with Crippen molar-refractivity contribution in [2.75, 3.05) is 56.1 Å². The minimum Gasteiger partial charge on any atom is -0.342 e. The Bertz CT molecular complexity index is 1100. The molecule has 5 rings (SSSR count). The smallest absolute Gasteiger partial charge is 0.225 e. The van der Waals surface area contributed by atoms with Gasteiger partial charge < -0.3 is 20.0 Å². The minimum atomic E-state index is 0.157. The number of aromatic nitrogens is 1. The predicted octanol–water partition coefficient (Wildman–Crippen LogP) is 3.85. The van der Waals surface area contributed by atoms with Gasteiger partial charge in [0.1, 0.15) is 0 Å². The van der Waals surface area contributed by atoms with Crippen LogP contribution in [0.5, 0.6) is 0 Å². The lowest BCUT2D eigenvalue weighted by Crippen LogP contribution is -2.49. The summed E-state index contributed by atoms with van der Waals surface area (Å²) in [6.45, 7) is 10.5. The Kier molecular flexibility index (Phi) is 8.24. The number of benzene rings is 1. The molecule has 7 nitrogen and oxygen atoms in total. The Morgan fingerprint density at radius 2 is 1.73 bits per heavy atom. The highest BCUT2D eigenvalue weighted by Crippen LogP contribution is 2.44. The summed E-state index contributed by atoms with van der Waals surface area (Å²) in [6, 6.07) is 13.1. The Hall–Kier alpha value is -3.12. The van der Waals surface area contributed by atoms with Crippen molar-refractivity contribution in [2.24, 2.45) is 5.92 Å². The second-order valence-corrected chi connectivity index (χ2v) is 10.4. The summed E-state index contributed by atoms with van der Waals surface area (Å²) < 4.78 is 0. The third kappa shape index (κ3) is 5.59. The molecular weight excluding hydrogens is 460 g/mol. The van der Waals surface area contributed by atoms with Crippen molar-refractivity contribution in [2.45, 2.75) is 44.7 Å². The van der Waals surface area contributed by atoms with E-state index in [1.165, 1.54) is 16.9 Å². The first kappa shape index (κ1) is 25.5. The number of piperidine rings is 2. The molecule has 2 aromatic rings. The first-order valence-electron chi connectivity index (χ1n) is 13.8. The molecule has 4 heterocycles. The largest absolute Gasteiger partial charge is 0.342 e. The second kappa shape index (κ2) is 12.0. The van der Waals surface area contributed by atoms with Gasteiger partial charge in [-0.3, -0.25) is 14.7 Å². The average Bonchev–Trinajstić information content (AvgIpc) is 3.27. The van der Waals surface area contributed by atoms with Gasteiger partial charge in [-0.05, 0) is 88.6 Å². The second-order valence-electron chi connectivity index (χ2n) is 10.4. The summed E-state index contributed by atoms with van der Waals surface area (Å²) in [5, 5.41) is 3.25. The number of carbonyl (C=O) groups excluding carboxylic acids is 1. The molecule has 0 bridgehead atoms. The lowest BCUT2D eigenvalue weighted by atomic mass is 9.93. The van der Waals surface area contributed by atoms with Gasteiger partial charge in [0.05, 0.1) is 11.4 Å². The van der Waals surface area contributed by atoms with Crippen molar-refractivity contribution in [3.63, 3.8) is 0 Å². The number of amides is 1. The number of likely N-dealkylation sites (tertiary alicyclic amines) is 2. The number of nitrogens with one attached hydrogen (secondary N) is 1. The molecule has 196 valence electrons. The van der Waals surface area contributed by atoms with Gasteiger partial charge in [-0.2, -0.15) is 0 Å². The number of hydrogen-bond acceptors (Lipinski definition) is 6. The van der Waals surface area contributed by atoms with Gasteiger partial charge in [0, 0.05) is 50.5 Å². The molecule has 3 aliphatic rings. The van der Waals surface area contributed by atoms with Crippen molar-refractivity contribution in [1.29, 1.82) is 0 Å². The van der Waals surface area contributed by atoms with Crippen molar-refractivity contribution < 1.29 is 4.79 Å². The van der Waals surface area contributed by atoms with Crippen LogP contribution in [0, 0.1) is 5.92 Å². The molecule has 1 aromatic carbocycles. The maximum absolute atomic E-state index is 13.4. The molecule has 1 N–H and O–H groups in total. The molecular formula is C30H40N6O. The quantitative estimate of drug-likeness (QED) is 0.439. The van der Waals surface area contributed by atoms with Gasteiger partial charge in [0.15, 0.2) is 5.82 Å². The van der Waals surface area contributed by atoms with Crippen LogP contribution in [0.1, 0.15) is 37.7 Å². The van der Waals surface area contributed by atoms with E-state index in [0.29, 0.717) is 11.9 Å². The summed E-state index contributed by atoms with van der Waals surface area (Å²) in [5.74, 6) is 1.57. The molecule has 0 saturated carbocycles. The monoisotopic (exact) mass is 500 g/mol. The average molecular weight is 501 g/mol. The van der Waals surface area contributed by atoms with Gasteiger partial charge >= 0.3 is 0 Å². The summed E-state index contributed by atoms with van der Waals surface area (Å²) in [5.41, 5.74) is 7.02. The number of nitrogens with zero attached hydrogens (tertiary/aromatic N) is 5. The molecule has 2 fully saturated rings. The molecule has 3 aliphatic heterocycles. The van der Waals surface area contributed by atoms with E-state index >= 15 is 0 Å². The topological polar surface area (TPSA) is 55.0 Å². The zero-order chi connectivity index (χ0) is 25.6. The van der Waals surface area contributed by atoms with Crippen LogP contribution in [0.3, 0.4) is 0 Å². The van der Waals surface area contributed by atoms with E-state index < -0.39 is 0 Å². The number of anilines is 2. The van der Waals surface area contributed by atoms with Gasteiger partial charge in [-0.25, -0.2) is 0 Å². The number of para-hydroxylation sites is 2. The number of pyridine rings is 1. The van der Waals surface area contributed by atoms with Crippen LogP contribution < -0.4 is 15.1 Å². The van der Waals surface area contributed by atoms with Gasteiger partial charge in [0.25, 0.3) is 0 Å². The highest BCUT2D eigenvalue weighted by molar-refractivity contribution is 5.83. The van der Waals surface area contributed by atoms with Crippen LogP contribution in [-0.4, -0.2) is 73.0 Å². The molecule has 7 heteroatoms. The highest BCUT2D eigenvalue weighted by atomic mass is 16.2. The summed E-state index contributed by atoms with van der Waals surface area (Å²) in [4.78, 5) is 26.9. The Morgan fingerprint density at radius 1 is 1.03 bits per heavy atom. The van der Waals surface area contributed by atoms with Crippen LogP contribution >= 0.6 is 0 Å². The van der Waals surface area contributed by atoms with Crippen LogP contribution in [0.25, 0.3) is 0 Å². The molecule has 1 amide bonds. The predicted molar refractivity (Wildman–Crippen MR) is 149 cm³/mol. The Labute approximate surface area is 221 Å². The van der Waals surface area contributed by atoms with Crippen molar-refractivity contribution >= 4 is 17.3 Å². The summed E-state index contributed by atoms with van der Waals surface area (Å²) in [7, 11) is 2.00.